The molecule has 2 aliphatic heterocycles. The lowest BCUT2D eigenvalue weighted by Gasteiger charge is -2.43. The number of para-hydroxylation sites is 1. The number of hydrogen-bond acceptors (Lipinski definition) is 6. The van der Waals surface area contributed by atoms with Crippen LogP contribution in [0.3, 0.4) is 0 Å². The van der Waals surface area contributed by atoms with Crippen molar-refractivity contribution in [2.45, 2.75) is 43.9 Å². The number of likely N-dealkylation sites (tertiary alicyclic amines) is 1. The smallest absolute Gasteiger partial charge is 0.262 e. The van der Waals surface area contributed by atoms with E-state index in [0.717, 1.165) is 50.7 Å². The molecule has 0 bridgehead atoms. The molecule has 1 saturated carbocycles. The first kappa shape index (κ1) is 19.0. The number of nitrogens with zero attached hydrogens (tertiary/aromatic N) is 4. The van der Waals surface area contributed by atoms with Crippen LogP contribution in [0.2, 0.25) is 0 Å². The fourth-order valence-electron chi connectivity index (χ4n) is 4.86. The topological polar surface area (TPSA) is 85.3 Å². The van der Waals surface area contributed by atoms with Crippen LogP contribution in [0.15, 0.2) is 41.3 Å². The molecular weight excluding hydrogens is 394 g/mol. The second-order valence-electron chi connectivity index (χ2n) is 8.91. The Kier molecular flexibility index (Phi) is 4.76. The lowest BCUT2D eigenvalue weighted by Crippen LogP contribution is -2.55. The maximum Gasteiger partial charge on any atom is 0.262 e. The highest BCUT2D eigenvalue weighted by atomic mass is 16.5. The first-order valence-corrected chi connectivity index (χ1v) is 11.3. The Morgan fingerprint density at radius 2 is 1.87 bits per heavy atom. The van der Waals surface area contributed by atoms with Crippen LogP contribution in [-0.4, -0.2) is 57.1 Å². The lowest BCUT2D eigenvalue weighted by molar-refractivity contribution is -0.0187. The minimum absolute atomic E-state index is 0.0958. The molecule has 0 unspecified atom stereocenters. The predicted molar refractivity (Wildman–Crippen MR) is 115 cm³/mol. The first-order chi connectivity index (χ1) is 15.3. The molecule has 8 heteroatoms. The summed E-state index contributed by atoms with van der Waals surface area (Å²) in [6.07, 6.45) is 5.97. The van der Waals surface area contributed by atoms with Gasteiger partial charge < -0.3 is 14.5 Å². The van der Waals surface area contributed by atoms with E-state index in [1.807, 2.05) is 35.0 Å². The van der Waals surface area contributed by atoms with E-state index in [1.165, 1.54) is 12.8 Å². The zero-order valence-corrected chi connectivity index (χ0v) is 17.4. The minimum Gasteiger partial charge on any atom is -0.488 e. The van der Waals surface area contributed by atoms with Crippen molar-refractivity contribution in [1.82, 2.24) is 24.6 Å². The monoisotopic (exact) mass is 421 g/mol. The van der Waals surface area contributed by atoms with Gasteiger partial charge in [0.2, 0.25) is 0 Å². The van der Waals surface area contributed by atoms with Crippen LogP contribution in [0, 0.1) is 5.92 Å². The molecule has 1 N–H and O–H groups in total. The van der Waals surface area contributed by atoms with Gasteiger partial charge in [0, 0.05) is 26.3 Å². The molecular formula is C23H27N5O3. The summed E-state index contributed by atoms with van der Waals surface area (Å²) in [4.78, 5) is 23.3. The van der Waals surface area contributed by atoms with Gasteiger partial charge in [-0.25, -0.2) is 9.67 Å². The first-order valence-electron chi connectivity index (χ1n) is 11.3. The molecule has 3 aromatic rings. The summed E-state index contributed by atoms with van der Waals surface area (Å²) in [6.45, 7) is 3.14. The number of hydrogen-bond donors (Lipinski definition) is 1. The molecule has 1 atom stereocenters. The summed E-state index contributed by atoms with van der Waals surface area (Å²) in [5, 5.41) is 5.09. The highest BCUT2D eigenvalue weighted by molar-refractivity contribution is 5.73. The third-order valence-electron chi connectivity index (χ3n) is 6.68. The normalized spacial score (nSPS) is 21.8. The molecule has 4 heterocycles. The number of rotatable bonds is 6. The number of ether oxygens (including phenoxy) is 2. The molecule has 2 aromatic heterocycles. The molecule has 6 rings (SSSR count). The summed E-state index contributed by atoms with van der Waals surface area (Å²) in [7, 11) is 0. The van der Waals surface area contributed by atoms with Crippen molar-refractivity contribution in [3.05, 3.63) is 52.7 Å². The van der Waals surface area contributed by atoms with Crippen LogP contribution >= 0.6 is 0 Å². The van der Waals surface area contributed by atoms with E-state index in [0.29, 0.717) is 17.0 Å². The minimum atomic E-state index is -0.0958. The van der Waals surface area contributed by atoms with Gasteiger partial charge in [-0.15, -0.1) is 0 Å². The number of fused-ring (bicyclic) bond motifs is 1. The van der Waals surface area contributed by atoms with E-state index in [1.54, 1.807) is 6.20 Å². The zero-order chi connectivity index (χ0) is 20.8. The highest BCUT2D eigenvalue weighted by Crippen LogP contribution is 2.45. The summed E-state index contributed by atoms with van der Waals surface area (Å²) in [6, 6.07) is 10.3. The highest BCUT2D eigenvalue weighted by Gasteiger charge is 2.44. The Balaban J connectivity index is 1.26. The average molecular weight is 422 g/mol. The molecule has 1 aromatic carbocycles. The second-order valence-corrected chi connectivity index (χ2v) is 8.91. The molecule has 3 aliphatic rings. The number of aromatic nitrogens is 4. The number of benzene rings is 1. The van der Waals surface area contributed by atoms with Gasteiger partial charge in [-0.1, -0.05) is 18.2 Å². The molecule has 1 aliphatic carbocycles. The van der Waals surface area contributed by atoms with Gasteiger partial charge in [0.05, 0.1) is 18.3 Å². The van der Waals surface area contributed by atoms with E-state index in [-0.39, 0.29) is 23.7 Å². The molecule has 0 radical (unpaired) electrons. The summed E-state index contributed by atoms with van der Waals surface area (Å²) in [5.74, 6) is 2.22. The van der Waals surface area contributed by atoms with Crippen molar-refractivity contribution < 1.29 is 9.47 Å². The molecule has 162 valence electrons. The summed E-state index contributed by atoms with van der Waals surface area (Å²) in [5.41, 5.74) is 0.607. The molecule has 8 nitrogen and oxygen atoms in total. The maximum atomic E-state index is 12.9. The van der Waals surface area contributed by atoms with Crippen molar-refractivity contribution in [2.24, 2.45) is 5.92 Å². The Morgan fingerprint density at radius 1 is 1.10 bits per heavy atom. The fraction of sp³-hybridized carbons (Fsp3) is 0.522. The van der Waals surface area contributed by atoms with Gasteiger partial charge >= 0.3 is 0 Å². The average Bonchev–Trinajstić information content (AvgIpc) is 3.51. The van der Waals surface area contributed by atoms with Crippen molar-refractivity contribution in [1.29, 1.82) is 0 Å². The van der Waals surface area contributed by atoms with Crippen LogP contribution in [-0.2, 0) is 4.74 Å². The molecule has 0 spiro atoms. The Bertz CT molecular complexity index is 1110. The fourth-order valence-corrected chi connectivity index (χ4v) is 4.86. The molecule has 0 amide bonds. The van der Waals surface area contributed by atoms with Crippen molar-refractivity contribution in [3.8, 4) is 5.75 Å². The molecule has 31 heavy (non-hydrogen) atoms. The Labute approximate surface area is 180 Å². The van der Waals surface area contributed by atoms with E-state index >= 15 is 0 Å². The molecule has 3 fully saturated rings. The lowest BCUT2D eigenvalue weighted by atomic mass is 10.0. The summed E-state index contributed by atoms with van der Waals surface area (Å²) >= 11 is 0. The second kappa shape index (κ2) is 7.76. The number of H-pyrrole nitrogens is 1. The van der Waals surface area contributed by atoms with Crippen molar-refractivity contribution in [2.75, 3.05) is 26.3 Å². The van der Waals surface area contributed by atoms with Gasteiger partial charge in [0.15, 0.2) is 5.65 Å². The van der Waals surface area contributed by atoms with Gasteiger partial charge in [-0.05, 0) is 43.7 Å². The SMILES string of the molecule is O=c1[nH]c([C@@H](C2CC2)N2CC(Oc3ccccc3)C2)nc2c1cnn2C1CCOCC1. The third-order valence-corrected chi connectivity index (χ3v) is 6.68. The van der Waals surface area contributed by atoms with Crippen LogP contribution in [0.5, 0.6) is 5.75 Å². The third kappa shape index (κ3) is 3.64. The number of nitrogens with one attached hydrogen (secondary N) is 1. The maximum absolute atomic E-state index is 12.9. The van der Waals surface area contributed by atoms with Crippen molar-refractivity contribution >= 4 is 11.0 Å². The van der Waals surface area contributed by atoms with E-state index in [4.69, 9.17) is 14.5 Å². The van der Waals surface area contributed by atoms with E-state index in [9.17, 15) is 4.79 Å². The van der Waals surface area contributed by atoms with Gasteiger partial charge in [-0.3, -0.25) is 9.69 Å². The Hall–Kier alpha value is -2.71. The standard InChI is InChI=1S/C23H27N5O3/c29-23-19-12-24-28(16-8-10-30-11-9-16)22(19)25-21(26-23)20(15-6-7-15)27-13-18(14-27)31-17-4-2-1-3-5-17/h1-5,12,15-16,18,20H,6-11,13-14H2,(H,25,26,29)/t20-/m1/s1. The summed E-state index contributed by atoms with van der Waals surface area (Å²) < 4.78 is 13.5. The van der Waals surface area contributed by atoms with Gasteiger partial charge in [-0.2, -0.15) is 5.10 Å². The van der Waals surface area contributed by atoms with E-state index < -0.39 is 0 Å². The van der Waals surface area contributed by atoms with Gasteiger partial charge in [0.25, 0.3) is 5.56 Å². The zero-order valence-electron chi connectivity index (χ0n) is 17.4. The quantitative estimate of drug-likeness (QED) is 0.659. The van der Waals surface area contributed by atoms with Crippen molar-refractivity contribution in [3.63, 3.8) is 0 Å². The van der Waals surface area contributed by atoms with Crippen LogP contribution in [0.1, 0.15) is 43.6 Å². The number of aromatic amines is 1. The van der Waals surface area contributed by atoms with E-state index in [2.05, 4.69) is 15.0 Å². The van der Waals surface area contributed by atoms with Crippen LogP contribution in [0.4, 0.5) is 0 Å². The Morgan fingerprint density at radius 3 is 2.61 bits per heavy atom. The predicted octanol–water partition coefficient (Wildman–Crippen LogP) is 2.69. The largest absolute Gasteiger partial charge is 0.488 e. The van der Waals surface area contributed by atoms with Gasteiger partial charge in [0.1, 0.15) is 23.1 Å². The van der Waals surface area contributed by atoms with Crippen LogP contribution in [0.25, 0.3) is 11.0 Å². The van der Waals surface area contributed by atoms with Crippen LogP contribution < -0.4 is 10.3 Å². The molecule has 2 saturated heterocycles.